The van der Waals surface area contributed by atoms with E-state index in [-0.39, 0.29) is 15.6 Å². The number of hydrogen-bond acceptors (Lipinski definition) is 7. The molecule has 16 heavy (non-hydrogen) atoms. The van der Waals surface area contributed by atoms with Crippen LogP contribution in [-0.4, -0.2) is 28.2 Å². The van der Waals surface area contributed by atoms with Crippen molar-refractivity contribution in [3.8, 4) is 0 Å². The Kier molecular flexibility index (Phi) is 2.66. The molecule has 2 N–H and O–H groups in total. The monoisotopic (exact) mass is 259 g/mol. The van der Waals surface area contributed by atoms with Gasteiger partial charge in [0.05, 0.1) is 0 Å². The van der Waals surface area contributed by atoms with Crippen LogP contribution < -0.4 is 10.3 Å². The van der Waals surface area contributed by atoms with Crippen LogP contribution in [0.15, 0.2) is 28.0 Å². The number of sulfonamides is 1. The normalized spacial score (nSPS) is 11.2. The standard InChI is InChI=1S/C6H5N5O3S2/c12-5-2-1-4(3-7-5)16(13,14)9-6-8-10-11-15-6/h1-3H,(H,7,12)(H,8,9,11). The Hall–Kier alpha value is -1.81. The predicted octanol–water partition coefficient (Wildman–Crippen LogP) is -0.578. The van der Waals surface area contributed by atoms with Crippen molar-refractivity contribution in [1.29, 1.82) is 0 Å². The van der Waals surface area contributed by atoms with Gasteiger partial charge in [-0.1, -0.05) is 9.59 Å². The summed E-state index contributed by atoms with van der Waals surface area (Å²) in [6, 6.07) is 2.31. The first-order valence-corrected chi connectivity index (χ1v) is 6.20. The third-order valence-electron chi connectivity index (χ3n) is 1.59. The molecule has 2 aromatic heterocycles. The van der Waals surface area contributed by atoms with Gasteiger partial charge in [-0.2, -0.15) is 0 Å². The summed E-state index contributed by atoms with van der Waals surface area (Å²) < 4.78 is 29.0. The molecular weight excluding hydrogens is 254 g/mol. The van der Waals surface area contributed by atoms with E-state index in [0.29, 0.717) is 0 Å². The van der Waals surface area contributed by atoms with E-state index in [0.717, 1.165) is 23.8 Å². The minimum absolute atomic E-state index is 0.0613. The Morgan fingerprint density at radius 1 is 1.38 bits per heavy atom. The van der Waals surface area contributed by atoms with Gasteiger partial charge in [-0.05, 0) is 11.3 Å². The molecule has 0 aliphatic carbocycles. The molecule has 0 bridgehead atoms. The van der Waals surface area contributed by atoms with Gasteiger partial charge in [0, 0.05) is 23.8 Å². The summed E-state index contributed by atoms with van der Waals surface area (Å²) in [4.78, 5) is 13.0. The van der Waals surface area contributed by atoms with Gasteiger partial charge in [-0.3, -0.25) is 9.52 Å². The molecule has 0 fully saturated rings. The maximum Gasteiger partial charge on any atom is 0.265 e. The number of hydrogen-bond donors (Lipinski definition) is 2. The van der Waals surface area contributed by atoms with Gasteiger partial charge in [-0.25, -0.2) is 8.42 Å². The van der Waals surface area contributed by atoms with Gasteiger partial charge >= 0.3 is 0 Å². The lowest BCUT2D eigenvalue weighted by molar-refractivity contribution is 0.600. The first kappa shape index (κ1) is 10.7. The molecule has 2 rings (SSSR count). The van der Waals surface area contributed by atoms with Crippen LogP contribution in [0.3, 0.4) is 0 Å². The van der Waals surface area contributed by atoms with Crippen LogP contribution >= 0.6 is 11.5 Å². The maximum absolute atomic E-state index is 11.7. The molecule has 0 spiro atoms. The van der Waals surface area contributed by atoms with Gasteiger partial charge in [0.25, 0.3) is 10.0 Å². The highest BCUT2D eigenvalue weighted by Crippen LogP contribution is 2.13. The number of anilines is 1. The summed E-state index contributed by atoms with van der Waals surface area (Å²) in [5.41, 5.74) is -0.378. The predicted molar refractivity (Wildman–Crippen MR) is 55.6 cm³/mol. The van der Waals surface area contributed by atoms with E-state index in [1.807, 2.05) is 0 Å². The average Bonchev–Trinajstić information content (AvgIpc) is 2.70. The number of pyridine rings is 1. The molecule has 0 aliphatic rings. The van der Waals surface area contributed by atoms with Crippen molar-refractivity contribution in [1.82, 2.24) is 19.8 Å². The number of aromatic amines is 1. The Morgan fingerprint density at radius 2 is 2.19 bits per heavy atom. The van der Waals surface area contributed by atoms with E-state index >= 15 is 0 Å². The van der Waals surface area contributed by atoms with Crippen molar-refractivity contribution in [2.24, 2.45) is 0 Å². The molecule has 0 saturated carbocycles. The van der Waals surface area contributed by atoms with Gasteiger partial charge in [0.15, 0.2) is 0 Å². The topological polar surface area (TPSA) is 118 Å². The van der Waals surface area contributed by atoms with Crippen LogP contribution in [0.5, 0.6) is 0 Å². The molecule has 0 radical (unpaired) electrons. The minimum atomic E-state index is -3.75. The quantitative estimate of drug-likeness (QED) is 0.761. The molecule has 0 unspecified atom stereocenters. The fraction of sp³-hybridized carbons (Fsp3) is 0. The summed E-state index contributed by atoms with van der Waals surface area (Å²) >= 11 is 0.813. The van der Waals surface area contributed by atoms with Gasteiger partial charge < -0.3 is 4.98 Å². The molecule has 10 heteroatoms. The highest BCUT2D eigenvalue weighted by atomic mass is 32.2. The smallest absolute Gasteiger partial charge is 0.265 e. The van der Waals surface area contributed by atoms with E-state index < -0.39 is 10.0 Å². The van der Waals surface area contributed by atoms with E-state index in [2.05, 4.69) is 24.5 Å². The highest BCUT2D eigenvalue weighted by molar-refractivity contribution is 7.92. The fourth-order valence-corrected chi connectivity index (χ4v) is 2.46. The average molecular weight is 259 g/mol. The zero-order chi connectivity index (χ0) is 11.6. The van der Waals surface area contributed by atoms with Crippen molar-refractivity contribution in [3.63, 3.8) is 0 Å². The Labute approximate surface area is 93.6 Å². The fourth-order valence-electron chi connectivity index (χ4n) is 0.910. The number of nitrogens with zero attached hydrogens (tertiary/aromatic N) is 3. The summed E-state index contributed by atoms with van der Waals surface area (Å²) in [5, 5.41) is 6.75. The lowest BCUT2D eigenvalue weighted by Crippen LogP contribution is -2.15. The second-order valence-corrected chi connectivity index (χ2v) is 5.08. The number of H-pyrrole nitrogens is 1. The molecule has 0 aromatic carbocycles. The summed E-state index contributed by atoms with van der Waals surface area (Å²) in [6.45, 7) is 0. The Balaban J connectivity index is 2.32. The Bertz CT molecular complexity index is 612. The lowest BCUT2D eigenvalue weighted by atomic mass is 10.5. The van der Waals surface area contributed by atoms with Crippen molar-refractivity contribution in [2.45, 2.75) is 4.90 Å². The molecule has 2 heterocycles. The van der Waals surface area contributed by atoms with E-state index in [1.54, 1.807) is 0 Å². The molecular formula is C6H5N5O3S2. The SMILES string of the molecule is O=c1ccc(S(=O)(=O)Nc2nnns2)c[nH]1. The number of nitrogens with one attached hydrogen (secondary N) is 2. The van der Waals surface area contributed by atoms with Crippen molar-refractivity contribution in [3.05, 3.63) is 28.7 Å². The van der Waals surface area contributed by atoms with Crippen molar-refractivity contribution >= 4 is 26.7 Å². The molecule has 0 atom stereocenters. The largest absolute Gasteiger partial charge is 0.328 e. The van der Waals surface area contributed by atoms with Crippen LogP contribution in [0.2, 0.25) is 0 Å². The summed E-state index contributed by atoms with van der Waals surface area (Å²) in [7, 11) is -3.75. The molecule has 0 saturated heterocycles. The highest BCUT2D eigenvalue weighted by Gasteiger charge is 2.15. The zero-order valence-electron chi connectivity index (χ0n) is 7.61. The number of aromatic nitrogens is 4. The first-order chi connectivity index (χ1) is 7.58. The van der Waals surface area contributed by atoms with Crippen LogP contribution in [0.25, 0.3) is 0 Å². The van der Waals surface area contributed by atoms with Crippen LogP contribution in [0.4, 0.5) is 5.13 Å². The Morgan fingerprint density at radius 3 is 2.75 bits per heavy atom. The maximum atomic E-state index is 11.7. The van der Waals surface area contributed by atoms with E-state index in [4.69, 9.17) is 0 Å². The first-order valence-electron chi connectivity index (χ1n) is 3.94. The molecule has 0 amide bonds. The van der Waals surface area contributed by atoms with Crippen LogP contribution in [-0.2, 0) is 10.0 Å². The molecule has 0 aliphatic heterocycles. The lowest BCUT2D eigenvalue weighted by Gasteiger charge is -2.02. The van der Waals surface area contributed by atoms with Crippen molar-refractivity contribution in [2.75, 3.05) is 4.72 Å². The molecule has 84 valence electrons. The summed E-state index contributed by atoms with van der Waals surface area (Å²) in [5.74, 6) is 0. The minimum Gasteiger partial charge on any atom is -0.328 e. The summed E-state index contributed by atoms with van der Waals surface area (Å²) in [6.07, 6.45) is 1.10. The third kappa shape index (κ3) is 2.23. The molecule has 2 aromatic rings. The van der Waals surface area contributed by atoms with E-state index in [1.165, 1.54) is 6.07 Å². The second-order valence-electron chi connectivity index (χ2n) is 2.66. The molecule has 8 nitrogen and oxygen atoms in total. The zero-order valence-corrected chi connectivity index (χ0v) is 9.25. The van der Waals surface area contributed by atoms with Gasteiger partial charge in [0.1, 0.15) is 4.90 Å². The number of rotatable bonds is 3. The van der Waals surface area contributed by atoms with Crippen LogP contribution in [0, 0.1) is 0 Å². The van der Waals surface area contributed by atoms with Gasteiger partial charge in [-0.15, -0.1) is 0 Å². The van der Waals surface area contributed by atoms with Gasteiger partial charge in [0.2, 0.25) is 10.7 Å². The second kappa shape index (κ2) is 3.98. The van der Waals surface area contributed by atoms with Crippen LogP contribution in [0.1, 0.15) is 0 Å². The van der Waals surface area contributed by atoms with E-state index in [9.17, 15) is 13.2 Å². The third-order valence-corrected chi connectivity index (χ3v) is 3.56. The van der Waals surface area contributed by atoms with Crippen molar-refractivity contribution < 1.29 is 8.42 Å².